The van der Waals surface area contributed by atoms with Gasteiger partial charge in [0.25, 0.3) is 0 Å². The topological polar surface area (TPSA) is 120 Å². The highest BCUT2D eigenvalue weighted by atomic mass is 16.4. The molecule has 116 heavy (non-hydrogen) atoms. The van der Waals surface area contributed by atoms with E-state index < -0.39 is 13.7 Å². The molecule has 0 atom stereocenters. The van der Waals surface area contributed by atoms with Gasteiger partial charge in [0, 0.05) is 122 Å². The molecule has 12 heterocycles. The van der Waals surface area contributed by atoms with Crippen molar-refractivity contribution in [2.75, 3.05) is 0 Å². The van der Waals surface area contributed by atoms with Crippen LogP contribution in [0, 0.1) is 82.9 Å². The van der Waals surface area contributed by atoms with Gasteiger partial charge in [0.2, 0.25) is 45.6 Å². The van der Waals surface area contributed by atoms with Gasteiger partial charge in [-0.05, 0) is 215 Å². The Morgan fingerprint density at radius 1 is 0.267 bits per heavy atom. The summed E-state index contributed by atoms with van der Waals surface area (Å²) >= 11 is 0. The Kier molecular flexibility index (Phi) is 17.9. The highest BCUT2D eigenvalue weighted by molar-refractivity contribution is 6.14. The Bertz CT molecular complexity index is 7520. The number of aryl methyl sites for hydroxylation is 16. The van der Waals surface area contributed by atoms with E-state index in [0.29, 0.717) is 55.9 Å². The van der Waals surface area contributed by atoms with Gasteiger partial charge in [0.1, 0.15) is 28.2 Å². The zero-order chi connectivity index (χ0) is 85.5. The molecule has 0 spiro atoms. The summed E-state index contributed by atoms with van der Waals surface area (Å²) in [5.41, 5.74) is 33.7. The Hall–Kier alpha value is -13.8. The summed E-state index contributed by atoms with van der Waals surface area (Å²) in [7, 11) is 8.19. The lowest BCUT2D eigenvalue weighted by molar-refractivity contribution is -0.660. The van der Waals surface area contributed by atoms with Crippen LogP contribution in [0.25, 0.3) is 178 Å². The lowest BCUT2D eigenvalue weighted by atomic mass is 9.95. The van der Waals surface area contributed by atoms with Gasteiger partial charge >= 0.3 is 0 Å². The number of hydrogen-bond acceptors (Lipinski definition) is 8. The molecule has 8 aromatic carbocycles. The molecule has 12 heteroatoms. The Morgan fingerprint density at radius 3 is 1.16 bits per heavy atom. The van der Waals surface area contributed by atoms with E-state index in [1.807, 2.05) is 128 Å². The van der Waals surface area contributed by atoms with Crippen molar-refractivity contribution >= 4 is 88.3 Å². The van der Waals surface area contributed by atoms with Gasteiger partial charge in [0.05, 0.1) is 22.3 Å². The third kappa shape index (κ3) is 13.8. The van der Waals surface area contributed by atoms with Crippen molar-refractivity contribution in [1.29, 1.82) is 0 Å². The van der Waals surface area contributed by atoms with Gasteiger partial charge in [-0.1, -0.05) is 152 Å². The summed E-state index contributed by atoms with van der Waals surface area (Å²) in [6, 6.07) is 80.3. The number of furan rings is 4. The Balaban J connectivity index is 0.000000116. The molecule has 0 N–H and O–H groups in total. The molecule has 0 aliphatic rings. The fraction of sp³-hybridized carbons (Fsp3) is 0.154. The van der Waals surface area contributed by atoms with E-state index in [2.05, 4.69) is 257 Å². The number of pyridine rings is 8. The van der Waals surface area contributed by atoms with E-state index in [-0.39, 0.29) is 0 Å². The number of fused-ring (bicyclic) bond motifs is 12. The third-order valence-corrected chi connectivity index (χ3v) is 22.3. The van der Waals surface area contributed by atoms with Crippen LogP contribution in [-0.4, -0.2) is 19.9 Å². The molecule has 0 unspecified atom stereocenters. The Labute approximate surface area is 684 Å². The molecule has 12 nitrogen and oxygen atoms in total. The van der Waals surface area contributed by atoms with Crippen LogP contribution in [0.1, 0.15) is 75.4 Å². The lowest BCUT2D eigenvalue weighted by Gasteiger charge is -2.11. The first-order valence-electron chi connectivity index (χ1n) is 42.0. The quantitative estimate of drug-likeness (QED) is 0.138. The van der Waals surface area contributed by atoms with Crippen LogP contribution >= 0.6 is 0 Å². The van der Waals surface area contributed by atoms with Crippen molar-refractivity contribution in [3.8, 4) is 89.5 Å². The largest absolute Gasteiger partial charge is 0.437 e. The van der Waals surface area contributed by atoms with Gasteiger partial charge in [-0.2, -0.15) is 0 Å². The number of aromatic nitrogens is 8. The normalized spacial score (nSPS) is 12.4. The average Bonchev–Trinajstić information content (AvgIpc) is 1.55. The number of rotatable bonds is 8. The van der Waals surface area contributed by atoms with E-state index >= 15 is 0 Å². The van der Waals surface area contributed by atoms with Crippen molar-refractivity contribution in [2.24, 2.45) is 28.2 Å². The standard InChI is InChI=1S/C27H25N2O.2C26H23N2O.C25H21N2O/c1-16-14-23(29(5)15-22(16)20-9-7-6-8-10-20)25-18(3)13-17(2)24-21-12-11-19(4)28-27(21)30-26(24)25;1-16-14-17(2)24(25-23(16)21-12-10-18(3)27-26(21)29-25)22-13-11-20(15-28(22)4)19-8-6-5-7-9-19;1-16-10-12-20-21-13-11-18(3)27-26(21)29-25(20)24(16)23-14-17(2)22(15-28(23)4)19-8-6-5-7-9-19;1-16-14-17(2)23(24-22(16)20-10-7-12-26-25(20)28-24)21-15-19(11-13-27(21)3)18-8-5-4-6-9-18/h6-15H,1-5H3;2*5-15H,1-4H3;4-15H,1-3H3/q4*+1/i2D3;1D3;;. The molecule has 0 amide bonds. The van der Waals surface area contributed by atoms with Crippen molar-refractivity contribution in [3.63, 3.8) is 0 Å². The summed E-state index contributed by atoms with van der Waals surface area (Å²) < 4.78 is 82.3. The molecule has 568 valence electrons. The Morgan fingerprint density at radius 2 is 0.664 bits per heavy atom. The summed E-state index contributed by atoms with van der Waals surface area (Å²) in [5, 5.41) is 7.06. The van der Waals surface area contributed by atoms with Crippen molar-refractivity contribution in [1.82, 2.24) is 19.9 Å². The molecular weight excluding hydrogens is 1430 g/mol. The molecule has 0 radical (unpaired) electrons. The zero-order valence-electron chi connectivity index (χ0n) is 73.6. The van der Waals surface area contributed by atoms with Crippen molar-refractivity contribution in [2.45, 2.75) is 82.9 Å². The molecule has 0 saturated heterocycles. The molecule has 0 aliphatic heterocycles. The highest BCUT2D eigenvalue weighted by Gasteiger charge is 2.29. The summed E-state index contributed by atoms with van der Waals surface area (Å²) in [6.45, 7) is 15.8. The van der Waals surface area contributed by atoms with Crippen LogP contribution < -0.4 is 18.3 Å². The van der Waals surface area contributed by atoms with Gasteiger partial charge in [-0.25, -0.2) is 38.2 Å². The zero-order valence-corrected chi connectivity index (χ0v) is 67.6. The minimum absolute atomic E-state index is 0.293. The first-order valence-corrected chi connectivity index (χ1v) is 39.0. The van der Waals surface area contributed by atoms with E-state index in [1.54, 1.807) is 18.3 Å². The van der Waals surface area contributed by atoms with Crippen LogP contribution in [0.5, 0.6) is 0 Å². The fourth-order valence-electron chi connectivity index (χ4n) is 16.6. The molecule has 0 bridgehead atoms. The van der Waals surface area contributed by atoms with E-state index in [4.69, 9.17) is 25.9 Å². The van der Waals surface area contributed by atoms with Gasteiger partial charge < -0.3 is 17.7 Å². The maximum atomic E-state index is 8.15. The predicted octanol–water partition coefficient (Wildman–Crippen LogP) is 24.3. The second-order valence-electron chi connectivity index (χ2n) is 30.6. The van der Waals surface area contributed by atoms with E-state index in [9.17, 15) is 0 Å². The van der Waals surface area contributed by atoms with Crippen LogP contribution in [0.4, 0.5) is 0 Å². The first-order chi connectivity index (χ1) is 58.5. The molecule has 0 saturated carbocycles. The summed E-state index contributed by atoms with van der Waals surface area (Å²) in [6.07, 6.45) is 10.3. The van der Waals surface area contributed by atoms with Crippen LogP contribution in [0.2, 0.25) is 0 Å². The van der Waals surface area contributed by atoms with Crippen molar-refractivity contribution < 1.29 is 44.2 Å². The summed E-state index contributed by atoms with van der Waals surface area (Å²) in [4.78, 5) is 18.1. The van der Waals surface area contributed by atoms with Gasteiger partial charge in [-0.3, -0.25) is 0 Å². The van der Waals surface area contributed by atoms with Crippen molar-refractivity contribution in [3.05, 3.63) is 335 Å². The molecule has 20 rings (SSSR count). The van der Waals surface area contributed by atoms with E-state index in [1.165, 1.54) is 44.5 Å². The molecule has 0 aliphatic carbocycles. The monoisotopic (exact) mass is 1520 g/mol. The van der Waals surface area contributed by atoms with E-state index in [0.717, 1.165) is 145 Å². The number of benzene rings is 8. The van der Waals surface area contributed by atoms with Crippen LogP contribution in [0.3, 0.4) is 0 Å². The van der Waals surface area contributed by atoms with Gasteiger partial charge in [0.15, 0.2) is 47.1 Å². The molecule has 0 fully saturated rings. The maximum absolute atomic E-state index is 8.15. The van der Waals surface area contributed by atoms with Gasteiger partial charge in [-0.15, -0.1) is 0 Å². The summed E-state index contributed by atoms with van der Waals surface area (Å²) in [5.74, 6) is 0. The third-order valence-electron chi connectivity index (χ3n) is 22.3. The van der Waals surface area contributed by atoms with Crippen LogP contribution in [-0.2, 0) is 28.2 Å². The highest BCUT2D eigenvalue weighted by Crippen LogP contribution is 2.44. The second-order valence-corrected chi connectivity index (χ2v) is 30.6. The smallest absolute Gasteiger partial charge is 0.227 e. The predicted molar refractivity (Wildman–Crippen MR) is 471 cm³/mol. The number of nitrogens with zero attached hydrogens (tertiary/aromatic N) is 8. The number of hydrogen-bond donors (Lipinski definition) is 0. The van der Waals surface area contributed by atoms with Crippen LogP contribution in [0.15, 0.2) is 285 Å². The first kappa shape index (κ1) is 67.8. The molecule has 12 aromatic heterocycles. The minimum atomic E-state index is -2.27. The minimum Gasteiger partial charge on any atom is -0.437 e. The fourth-order valence-corrected chi connectivity index (χ4v) is 16.6. The maximum Gasteiger partial charge on any atom is 0.227 e. The lowest BCUT2D eigenvalue weighted by Crippen LogP contribution is -2.31. The SMILES string of the molecule is Cc1cc(C)c2c(oc3ncccc32)c1-c1cc(-c2ccccc2)cc[n+]1C.Cc1ccc2c(n1)oc1c(-c3cc(C)c(-c4ccccc4)c[n+]3C)c(C)ccc12.[2H]C([2H])([2H])c1cc(C)c(-c2cc(C)c(-c3ccccc3)c[n+]2C)c2oc3nc(C)ccc3c12.[2H]C([2H])([2H])c1cc(C)c(-c2ccc(-c3ccccc3)c[n+]2C)c2oc3nc(C)ccc3c12. The second kappa shape index (κ2) is 30.6. The molecule has 20 aromatic rings. The average molecular weight is 1520 g/mol. The molecular formula is C104H92N8O4+4.